The quantitative estimate of drug-likeness (QED) is 0.757. The van der Waals surface area contributed by atoms with Crippen LogP contribution in [0.2, 0.25) is 10.0 Å². The number of amides is 1. The number of benzene rings is 2. The number of methoxy groups -OCH3 is 1. The van der Waals surface area contributed by atoms with Crippen LogP contribution in [0.4, 0.5) is 5.69 Å². The van der Waals surface area contributed by atoms with Gasteiger partial charge in [-0.3, -0.25) is 4.79 Å². The van der Waals surface area contributed by atoms with E-state index in [1.165, 1.54) is 25.3 Å². The highest BCUT2D eigenvalue weighted by atomic mass is 35.5. The lowest BCUT2D eigenvalue weighted by molar-refractivity contribution is -0.119. The SMILES string of the molecule is COc1ccc(Cl)cc1NC(=O)COC(=O)c1cc(Cl)c2c(c1)OCCO2. The van der Waals surface area contributed by atoms with E-state index in [0.717, 1.165) is 0 Å². The smallest absolute Gasteiger partial charge is 0.338 e. The Morgan fingerprint density at radius 1 is 1.15 bits per heavy atom. The van der Waals surface area contributed by atoms with Crippen molar-refractivity contribution in [3.63, 3.8) is 0 Å². The molecule has 7 nitrogen and oxygen atoms in total. The molecule has 3 rings (SSSR count). The van der Waals surface area contributed by atoms with E-state index < -0.39 is 18.5 Å². The number of hydrogen-bond donors (Lipinski definition) is 1. The maximum atomic E-state index is 12.2. The minimum Gasteiger partial charge on any atom is -0.495 e. The first-order valence-electron chi connectivity index (χ1n) is 7.87. The van der Waals surface area contributed by atoms with Gasteiger partial charge >= 0.3 is 5.97 Å². The summed E-state index contributed by atoms with van der Waals surface area (Å²) in [5.41, 5.74) is 0.519. The van der Waals surface area contributed by atoms with E-state index in [2.05, 4.69) is 5.32 Å². The molecular weight excluding hydrogens is 397 g/mol. The largest absolute Gasteiger partial charge is 0.495 e. The van der Waals surface area contributed by atoms with E-state index in [4.69, 9.17) is 42.1 Å². The normalized spacial score (nSPS) is 12.3. The minimum atomic E-state index is -0.720. The van der Waals surface area contributed by atoms with Crippen molar-refractivity contribution >= 4 is 40.8 Å². The molecule has 2 aromatic carbocycles. The highest BCUT2D eigenvalue weighted by Crippen LogP contribution is 2.38. The number of anilines is 1. The summed E-state index contributed by atoms with van der Waals surface area (Å²) in [6.07, 6.45) is 0. The van der Waals surface area contributed by atoms with Gasteiger partial charge in [0.15, 0.2) is 18.1 Å². The number of carbonyl (C=O) groups excluding carboxylic acids is 2. The van der Waals surface area contributed by atoms with E-state index in [9.17, 15) is 9.59 Å². The van der Waals surface area contributed by atoms with Crippen molar-refractivity contribution in [2.24, 2.45) is 0 Å². The lowest BCUT2D eigenvalue weighted by Crippen LogP contribution is -2.21. The highest BCUT2D eigenvalue weighted by molar-refractivity contribution is 6.32. The first-order chi connectivity index (χ1) is 13.0. The fraction of sp³-hybridized carbons (Fsp3) is 0.222. The standard InChI is InChI=1S/C18H15Cl2NO6/c1-24-14-3-2-11(19)8-13(14)21-16(22)9-27-18(23)10-6-12(20)17-15(7-10)25-4-5-26-17/h2-3,6-8H,4-5,9H2,1H3,(H,21,22). The van der Waals surface area contributed by atoms with Gasteiger partial charge in [-0.25, -0.2) is 4.79 Å². The number of halogens is 2. The predicted octanol–water partition coefficient (Wildman–Crippen LogP) is 3.57. The van der Waals surface area contributed by atoms with E-state index in [1.807, 2.05) is 0 Å². The third-order valence-electron chi connectivity index (χ3n) is 3.60. The van der Waals surface area contributed by atoms with Crippen molar-refractivity contribution in [2.45, 2.75) is 0 Å². The van der Waals surface area contributed by atoms with Crippen molar-refractivity contribution < 1.29 is 28.5 Å². The van der Waals surface area contributed by atoms with Crippen LogP contribution in [0.5, 0.6) is 17.2 Å². The first kappa shape index (κ1) is 19.1. The molecule has 0 aromatic heterocycles. The predicted molar refractivity (Wildman–Crippen MR) is 99.4 cm³/mol. The van der Waals surface area contributed by atoms with Gasteiger partial charge in [0.05, 0.1) is 23.4 Å². The van der Waals surface area contributed by atoms with E-state index >= 15 is 0 Å². The number of hydrogen-bond acceptors (Lipinski definition) is 6. The van der Waals surface area contributed by atoms with Crippen LogP contribution >= 0.6 is 23.2 Å². The average molecular weight is 412 g/mol. The molecule has 0 radical (unpaired) electrons. The van der Waals surface area contributed by atoms with Gasteiger partial charge in [0.1, 0.15) is 19.0 Å². The fourth-order valence-corrected chi connectivity index (χ4v) is 2.84. The minimum absolute atomic E-state index is 0.150. The topological polar surface area (TPSA) is 83.1 Å². The van der Waals surface area contributed by atoms with E-state index in [-0.39, 0.29) is 10.6 Å². The molecule has 0 atom stereocenters. The number of rotatable bonds is 5. The van der Waals surface area contributed by atoms with Gasteiger partial charge in [0.25, 0.3) is 5.91 Å². The number of nitrogens with one attached hydrogen (secondary N) is 1. The molecule has 27 heavy (non-hydrogen) atoms. The van der Waals surface area contributed by atoms with Crippen molar-refractivity contribution in [1.29, 1.82) is 0 Å². The van der Waals surface area contributed by atoms with Gasteiger partial charge in [-0.15, -0.1) is 0 Å². The molecule has 1 heterocycles. The van der Waals surface area contributed by atoms with Crippen LogP contribution in [0.1, 0.15) is 10.4 Å². The Hall–Kier alpha value is -2.64. The van der Waals surface area contributed by atoms with Crippen LogP contribution in [0.25, 0.3) is 0 Å². The Labute approximate surface area is 165 Å². The second kappa shape index (κ2) is 8.37. The van der Waals surface area contributed by atoms with Gasteiger partial charge in [-0.2, -0.15) is 0 Å². The van der Waals surface area contributed by atoms with Crippen molar-refractivity contribution in [2.75, 3.05) is 32.2 Å². The monoisotopic (exact) mass is 411 g/mol. The molecule has 0 aliphatic carbocycles. The average Bonchev–Trinajstić information content (AvgIpc) is 2.66. The third-order valence-corrected chi connectivity index (χ3v) is 4.12. The molecule has 2 aromatic rings. The second-order valence-electron chi connectivity index (χ2n) is 5.45. The summed E-state index contributed by atoms with van der Waals surface area (Å²) in [6.45, 7) is 0.232. The Kier molecular flexibility index (Phi) is 5.93. The zero-order chi connectivity index (χ0) is 19.4. The molecule has 1 N–H and O–H groups in total. The Morgan fingerprint density at radius 2 is 1.93 bits per heavy atom. The zero-order valence-corrected chi connectivity index (χ0v) is 15.7. The number of esters is 1. The summed E-state index contributed by atoms with van der Waals surface area (Å²) in [5, 5.41) is 3.23. The maximum absolute atomic E-state index is 12.2. The molecule has 1 aliphatic heterocycles. The van der Waals surface area contributed by atoms with Crippen LogP contribution in [-0.4, -0.2) is 38.8 Å². The van der Waals surface area contributed by atoms with Crippen molar-refractivity contribution in [3.8, 4) is 17.2 Å². The molecule has 0 spiro atoms. The summed E-state index contributed by atoms with van der Waals surface area (Å²) >= 11 is 12.0. The second-order valence-corrected chi connectivity index (χ2v) is 6.29. The Balaban J connectivity index is 1.63. The van der Waals surface area contributed by atoms with Crippen LogP contribution in [-0.2, 0) is 9.53 Å². The summed E-state index contributed by atoms with van der Waals surface area (Å²) in [5.74, 6) is -0.105. The third kappa shape index (κ3) is 4.56. The van der Waals surface area contributed by atoms with Crippen molar-refractivity contribution in [3.05, 3.63) is 45.9 Å². The van der Waals surface area contributed by atoms with Gasteiger partial charge in [0.2, 0.25) is 0 Å². The van der Waals surface area contributed by atoms with Crippen LogP contribution < -0.4 is 19.5 Å². The van der Waals surface area contributed by atoms with E-state index in [1.54, 1.807) is 12.1 Å². The molecule has 0 fully saturated rings. The summed E-state index contributed by atoms with van der Waals surface area (Å²) in [7, 11) is 1.46. The molecule has 0 saturated heterocycles. The molecular formula is C18H15Cl2NO6. The van der Waals surface area contributed by atoms with Gasteiger partial charge in [-0.1, -0.05) is 23.2 Å². The summed E-state index contributed by atoms with van der Waals surface area (Å²) in [4.78, 5) is 24.3. The number of carbonyl (C=O) groups is 2. The lowest BCUT2D eigenvalue weighted by atomic mass is 10.2. The summed E-state index contributed by atoms with van der Waals surface area (Å²) < 4.78 is 21.0. The molecule has 1 amide bonds. The zero-order valence-electron chi connectivity index (χ0n) is 14.2. The number of ether oxygens (including phenoxy) is 4. The molecule has 0 saturated carbocycles. The first-order valence-corrected chi connectivity index (χ1v) is 8.63. The lowest BCUT2D eigenvalue weighted by Gasteiger charge is -2.20. The van der Waals surface area contributed by atoms with E-state index in [0.29, 0.717) is 41.2 Å². The van der Waals surface area contributed by atoms with Gasteiger partial charge in [-0.05, 0) is 30.3 Å². The van der Waals surface area contributed by atoms with Crippen LogP contribution in [0.15, 0.2) is 30.3 Å². The maximum Gasteiger partial charge on any atom is 0.338 e. The van der Waals surface area contributed by atoms with Crippen molar-refractivity contribution in [1.82, 2.24) is 0 Å². The molecule has 9 heteroatoms. The highest BCUT2D eigenvalue weighted by Gasteiger charge is 2.20. The number of fused-ring (bicyclic) bond motifs is 1. The van der Waals surface area contributed by atoms with Gasteiger partial charge in [0, 0.05) is 5.02 Å². The molecule has 1 aliphatic rings. The van der Waals surface area contributed by atoms with Gasteiger partial charge < -0.3 is 24.3 Å². The Bertz CT molecular complexity index is 886. The van der Waals surface area contributed by atoms with Crippen LogP contribution in [0, 0.1) is 0 Å². The molecule has 0 bridgehead atoms. The Morgan fingerprint density at radius 3 is 2.70 bits per heavy atom. The fourth-order valence-electron chi connectivity index (χ4n) is 2.41. The summed E-state index contributed by atoms with van der Waals surface area (Å²) in [6, 6.07) is 7.62. The van der Waals surface area contributed by atoms with Crippen LogP contribution in [0.3, 0.4) is 0 Å². The molecule has 142 valence electrons. The molecule has 0 unspecified atom stereocenters.